The Morgan fingerprint density at radius 3 is 2.81 bits per heavy atom. The molecule has 0 bridgehead atoms. The second kappa shape index (κ2) is 5.84. The number of carboxylic acids is 1. The van der Waals surface area contributed by atoms with Crippen molar-refractivity contribution in [2.45, 2.75) is 31.6 Å². The summed E-state index contributed by atoms with van der Waals surface area (Å²) in [6.45, 7) is 1.99. The summed E-state index contributed by atoms with van der Waals surface area (Å²) in [4.78, 5) is 11.2. The number of hydrogen-bond acceptors (Lipinski definition) is 4. The third kappa shape index (κ3) is 2.77. The lowest BCUT2D eigenvalue weighted by Gasteiger charge is -2.30. The Morgan fingerprint density at radius 2 is 2.24 bits per heavy atom. The van der Waals surface area contributed by atoms with Gasteiger partial charge in [-0.2, -0.15) is 9.57 Å². The van der Waals surface area contributed by atoms with E-state index < -0.39 is 21.2 Å². The van der Waals surface area contributed by atoms with E-state index in [1.165, 1.54) is 10.4 Å². The first-order valence-electron chi connectivity index (χ1n) is 6.64. The van der Waals surface area contributed by atoms with Gasteiger partial charge in [0, 0.05) is 13.1 Å². The van der Waals surface area contributed by atoms with Crippen molar-refractivity contribution in [2.75, 3.05) is 6.54 Å². The van der Waals surface area contributed by atoms with E-state index in [0.29, 0.717) is 17.5 Å². The maximum absolute atomic E-state index is 12.4. The first-order chi connectivity index (χ1) is 9.91. The average Bonchev–Trinajstić information content (AvgIpc) is 2.46. The highest BCUT2D eigenvalue weighted by atomic mass is 32.2. The number of aromatic carboxylic acids is 1. The maximum atomic E-state index is 12.4. The van der Waals surface area contributed by atoms with Gasteiger partial charge in [-0.3, -0.25) is 0 Å². The van der Waals surface area contributed by atoms with Gasteiger partial charge < -0.3 is 5.11 Å². The fourth-order valence-electron chi connectivity index (χ4n) is 2.55. The molecule has 0 saturated carbocycles. The highest BCUT2D eigenvalue weighted by molar-refractivity contribution is 7.89. The molecule has 0 aliphatic carbocycles. The van der Waals surface area contributed by atoms with E-state index in [-0.39, 0.29) is 25.1 Å². The van der Waals surface area contributed by atoms with Crippen LogP contribution in [0.5, 0.6) is 0 Å². The SMILES string of the molecule is CCC(C#N)S(=O)(=O)N1CCc2c(cccc2C(=O)O)C1. The summed E-state index contributed by atoms with van der Waals surface area (Å²) in [5.74, 6) is -1.01. The van der Waals surface area contributed by atoms with Crippen LogP contribution in [-0.4, -0.2) is 35.6 Å². The summed E-state index contributed by atoms with van der Waals surface area (Å²) >= 11 is 0. The predicted molar refractivity (Wildman–Crippen MR) is 76.1 cm³/mol. The van der Waals surface area contributed by atoms with Gasteiger partial charge in [0.25, 0.3) is 0 Å². The smallest absolute Gasteiger partial charge is 0.335 e. The highest BCUT2D eigenvalue weighted by Gasteiger charge is 2.34. The Morgan fingerprint density at radius 1 is 1.52 bits per heavy atom. The Kier molecular flexibility index (Phi) is 4.30. The van der Waals surface area contributed by atoms with E-state index in [1.54, 1.807) is 19.1 Å². The third-order valence-electron chi connectivity index (χ3n) is 3.70. The molecule has 21 heavy (non-hydrogen) atoms. The van der Waals surface area contributed by atoms with Crippen molar-refractivity contribution >= 4 is 16.0 Å². The number of carboxylic acid groups (broad SMARTS) is 1. The van der Waals surface area contributed by atoms with Crippen LogP contribution in [0.15, 0.2) is 18.2 Å². The number of carbonyl (C=O) groups is 1. The topological polar surface area (TPSA) is 98.5 Å². The molecular formula is C14H16N2O4S. The molecule has 1 atom stereocenters. The molecule has 0 aromatic heterocycles. The Hall–Kier alpha value is -1.91. The van der Waals surface area contributed by atoms with Gasteiger partial charge in [-0.15, -0.1) is 0 Å². The van der Waals surface area contributed by atoms with Crippen LogP contribution in [0, 0.1) is 11.3 Å². The zero-order valence-corrected chi connectivity index (χ0v) is 12.4. The van der Waals surface area contributed by atoms with Gasteiger partial charge in [-0.25, -0.2) is 13.2 Å². The molecule has 2 rings (SSSR count). The number of benzene rings is 1. The Labute approximate surface area is 123 Å². The van der Waals surface area contributed by atoms with E-state index in [2.05, 4.69) is 0 Å². The molecule has 1 aromatic carbocycles. The minimum absolute atomic E-state index is 0.122. The van der Waals surface area contributed by atoms with Crippen LogP contribution < -0.4 is 0 Å². The molecule has 0 amide bonds. The van der Waals surface area contributed by atoms with Gasteiger partial charge in [0.1, 0.15) is 0 Å². The zero-order valence-electron chi connectivity index (χ0n) is 11.6. The number of nitriles is 1. The number of fused-ring (bicyclic) bond motifs is 1. The zero-order chi connectivity index (χ0) is 15.6. The molecule has 1 N–H and O–H groups in total. The molecule has 1 aliphatic rings. The first kappa shape index (κ1) is 15.5. The Balaban J connectivity index is 2.35. The second-order valence-corrected chi connectivity index (χ2v) is 7.02. The fraction of sp³-hybridized carbons (Fsp3) is 0.429. The molecule has 0 spiro atoms. The summed E-state index contributed by atoms with van der Waals surface area (Å²) in [6.07, 6.45) is 0.580. The summed E-state index contributed by atoms with van der Waals surface area (Å²) in [7, 11) is -3.68. The summed E-state index contributed by atoms with van der Waals surface area (Å²) in [5.41, 5.74) is 1.59. The minimum Gasteiger partial charge on any atom is -0.478 e. The van der Waals surface area contributed by atoms with Crippen LogP contribution in [0.25, 0.3) is 0 Å². The maximum Gasteiger partial charge on any atom is 0.335 e. The standard InChI is InChI=1S/C14H16N2O4S/c1-2-11(8-15)21(19,20)16-7-6-12-10(9-16)4-3-5-13(12)14(17)18/h3-5,11H,2,6-7,9H2,1H3,(H,17,18). The van der Waals surface area contributed by atoms with Gasteiger partial charge in [0.05, 0.1) is 11.6 Å². The highest BCUT2D eigenvalue weighted by Crippen LogP contribution is 2.26. The van der Waals surface area contributed by atoms with Crippen LogP contribution in [-0.2, 0) is 23.0 Å². The van der Waals surface area contributed by atoms with Crippen molar-refractivity contribution in [1.82, 2.24) is 4.31 Å². The molecule has 0 radical (unpaired) electrons. The summed E-state index contributed by atoms with van der Waals surface area (Å²) in [5, 5.41) is 17.1. The van der Waals surface area contributed by atoms with Crippen molar-refractivity contribution in [2.24, 2.45) is 0 Å². The molecular weight excluding hydrogens is 292 g/mol. The lowest BCUT2D eigenvalue weighted by molar-refractivity contribution is 0.0695. The molecule has 6 nitrogen and oxygen atoms in total. The van der Waals surface area contributed by atoms with Gasteiger partial charge in [0.15, 0.2) is 5.25 Å². The van der Waals surface area contributed by atoms with Gasteiger partial charge >= 0.3 is 5.97 Å². The molecule has 1 heterocycles. The molecule has 1 aliphatic heterocycles. The van der Waals surface area contributed by atoms with Crippen LogP contribution >= 0.6 is 0 Å². The normalized spacial score (nSPS) is 16.8. The summed E-state index contributed by atoms with van der Waals surface area (Å²) < 4.78 is 26.0. The molecule has 7 heteroatoms. The lowest BCUT2D eigenvalue weighted by Crippen LogP contribution is -2.41. The number of rotatable bonds is 4. The number of nitrogens with zero attached hydrogens (tertiary/aromatic N) is 2. The predicted octanol–water partition coefficient (Wildman–Crippen LogP) is 1.37. The monoisotopic (exact) mass is 308 g/mol. The van der Waals surface area contributed by atoms with Crippen LogP contribution in [0.3, 0.4) is 0 Å². The molecule has 1 aromatic rings. The molecule has 0 saturated heterocycles. The fourth-order valence-corrected chi connectivity index (χ4v) is 4.13. The number of sulfonamides is 1. The first-order valence-corrected chi connectivity index (χ1v) is 8.14. The quantitative estimate of drug-likeness (QED) is 0.906. The van der Waals surface area contributed by atoms with E-state index in [1.807, 2.05) is 6.07 Å². The Bertz CT molecular complexity index is 706. The van der Waals surface area contributed by atoms with E-state index in [0.717, 1.165) is 0 Å². The largest absolute Gasteiger partial charge is 0.478 e. The van der Waals surface area contributed by atoms with Crippen molar-refractivity contribution < 1.29 is 18.3 Å². The second-order valence-electron chi connectivity index (χ2n) is 4.90. The van der Waals surface area contributed by atoms with Gasteiger partial charge in [-0.05, 0) is 30.0 Å². The minimum atomic E-state index is -3.68. The summed E-state index contributed by atoms with van der Waals surface area (Å²) in [6, 6.07) is 6.69. The van der Waals surface area contributed by atoms with Crippen molar-refractivity contribution in [1.29, 1.82) is 5.26 Å². The van der Waals surface area contributed by atoms with E-state index in [4.69, 9.17) is 10.4 Å². The van der Waals surface area contributed by atoms with Gasteiger partial charge in [0.2, 0.25) is 10.0 Å². The van der Waals surface area contributed by atoms with Crippen molar-refractivity contribution in [3.8, 4) is 6.07 Å². The van der Waals surface area contributed by atoms with Crippen LogP contribution in [0.4, 0.5) is 0 Å². The van der Waals surface area contributed by atoms with Gasteiger partial charge in [-0.1, -0.05) is 19.1 Å². The average molecular weight is 308 g/mol. The van der Waals surface area contributed by atoms with Crippen LogP contribution in [0.1, 0.15) is 34.8 Å². The molecule has 1 unspecified atom stereocenters. The third-order valence-corrected chi connectivity index (χ3v) is 5.88. The van der Waals surface area contributed by atoms with E-state index in [9.17, 15) is 13.2 Å². The van der Waals surface area contributed by atoms with Crippen LogP contribution in [0.2, 0.25) is 0 Å². The van der Waals surface area contributed by atoms with E-state index >= 15 is 0 Å². The van der Waals surface area contributed by atoms with Crippen molar-refractivity contribution in [3.05, 3.63) is 34.9 Å². The molecule has 0 fully saturated rings. The molecule has 112 valence electrons. The lowest BCUT2D eigenvalue weighted by atomic mass is 9.95. The number of hydrogen-bond donors (Lipinski definition) is 1. The van der Waals surface area contributed by atoms with Crippen molar-refractivity contribution in [3.63, 3.8) is 0 Å².